The van der Waals surface area contributed by atoms with Crippen molar-refractivity contribution >= 4 is 22.6 Å². The number of anilines is 1. The van der Waals surface area contributed by atoms with Crippen LogP contribution in [0.3, 0.4) is 0 Å². The monoisotopic (exact) mass is 369 g/mol. The molecule has 6 nitrogen and oxygen atoms in total. The quantitative estimate of drug-likeness (QED) is 0.686. The largest absolute Gasteiger partial charge is 0.497 e. The zero-order valence-electron chi connectivity index (χ0n) is 14.6. The summed E-state index contributed by atoms with van der Waals surface area (Å²) in [5.41, 5.74) is 1.89. The summed E-state index contributed by atoms with van der Waals surface area (Å²) in [6, 6.07) is 15.3. The van der Waals surface area contributed by atoms with Gasteiger partial charge in [-0.2, -0.15) is 9.36 Å². The minimum atomic E-state index is -0.109. The highest BCUT2D eigenvalue weighted by Gasteiger charge is 2.10. The van der Waals surface area contributed by atoms with Crippen LogP contribution in [0, 0.1) is 0 Å². The Labute approximate surface area is 156 Å². The third kappa shape index (κ3) is 4.58. The number of hydrogen-bond acceptors (Lipinski definition) is 6. The molecule has 0 aliphatic rings. The molecule has 0 spiro atoms. The molecular formula is C19H19N3O3S. The van der Waals surface area contributed by atoms with Crippen molar-refractivity contribution in [3.63, 3.8) is 0 Å². The van der Waals surface area contributed by atoms with Crippen molar-refractivity contribution in [3.05, 3.63) is 54.1 Å². The molecule has 26 heavy (non-hydrogen) atoms. The van der Waals surface area contributed by atoms with Gasteiger partial charge in [-0.05, 0) is 24.1 Å². The lowest BCUT2D eigenvalue weighted by molar-refractivity contribution is -0.116. The van der Waals surface area contributed by atoms with E-state index in [0.717, 1.165) is 11.1 Å². The summed E-state index contributed by atoms with van der Waals surface area (Å²) in [5, 5.41) is 3.30. The smallest absolute Gasteiger partial charge is 0.226 e. The first-order chi connectivity index (χ1) is 12.7. The molecule has 0 fully saturated rings. The maximum absolute atomic E-state index is 12.2. The van der Waals surface area contributed by atoms with Gasteiger partial charge in [0, 0.05) is 29.6 Å². The van der Waals surface area contributed by atoms with E-state index < -0.39 is 0 Å². The molecule has 2 aromatic carbocycles. The summed E-state index contributed by atoms with van der Waals surface area (Å²) in [6.07, 6.45) is 0.903. The lowest BCUT2D eigenvalue weighted by Gasteiger charge is -2.08. The number of nitrogens with one attached hydrogen (secondary N) is 1. The Morgan fingerprint density at radius 1 is 1.08 bits per heavy atom. The molecule has 0 saturated heterocycles. The third-order valence-electron chi connectivity index (χ3n) is 3.76. The van der Waals surface area contributed by atoms with E-state index in [9.17, 15) is 4.79 Å². The molecule has 1 heterocycles. The first-order valence-electron chi connectivity index (χ1n) is 8.09. The second-order valence-corrected chi connectivity index (χ2v) is 6.31. The van der Waals surface area contributed by atoms with Crippen LogP contribution in [0.15, 0.2) is 48.5 Å². The SMILES string of the molecule is COc1cc(CCC(=O)Nc2nc(-c3ccccc3)ns2)cc(OC)c1. The van der Waals surface area contributed by atoms with E-state index in [1.807, 2.05) is 42.5 Å². The number of aryl methyl sites for hydroxylation is 1. The van der Waals surface area contributed by atoms with E-state index in [1.54, 1.807) is 20.3 Å². The van der Waals surface area contributed by atoms with Gasteiger partial charge in [0.1, 0.15) is 11.5 Å². The van der Waals surface area contributed by atoms with Crippen molar-refractivity contribution in [2.75, 3.05) is 19.5 Å². The lowest BCUT2D eigenvalue weighted by atomic mass is 10.1. The molecular weight excluding hydrogens is 350 g/mol. The van der Waals surface area contributed by atoms with Crippen LogP contribution in [-0.2, 0) is 11.2 Å². The summed E-state index contributed by atoms with van der Waals surface area (Å²) < 4.78 is 14.8. The summed E-state index contributed by atoms with van der Waals surface area (Å²) in [5.74, 6) is 1.92. The van der Waals surface area contributed by atoms with E-state index in [0.29, 0.717) is 35.3 Å². The van der Waals surface area contributed by atoms with E-state index in [-0.39, 0.29) is 5.91 Å². The van der Waals surface area contributed by atoms with Crippen molar-refractivity contribution < 1.29 is 14.3 Å². The standard InChI is InChI=1S/C19H19N3O3S/c1-24-15-10-13(11-16(12-15)25-2)8-9-17(23)20-19-21-18(22-26-19)14-6-4-3-5-7-14/h3-7,10-12H,8-9H2,1-2H3,(H,20,21,22,23). The molecule has 1 aromatic heterocycles. The predicted molar refractivity (Wildman–Crippen MR) is 102 cm³/mol. The van der Waals surface area contributed by atoms with Gasteiger partial charge in [-0.1, -0.05) is 30.3 Å². The summed E-state index contributed by atoms with van der Waals surface area (Å²) >= 11 is 1.17. The first kappa shape index (κ1) is 17.9. The molecule has 7 heteroatoms. The zero-order chi connectivity index (χ0) is 18.4. The topological polar surface area (TPSA) is 73.3 Å². The van der Waals surface area contributed by atoms with Gasteiger partial charge >= 0.3 is 0 Å². The molecule has 3 rings (SSSR count). The summed E-state index contributed by atoms with van der Waals surface area (Å²) in [4.78, 5) is 16.6. The van der Waals surface area contributed by atoms with Crippen molar-refractivity contribution in [2.45, 2.75) is 12.8 Å². The van der Waals surface area contributed by atoms with Crippen molar-refractivity contribution in [1.82, 2.24) is 9.36 Å². The van der Waals surface area contributed by atoms with E-state index in [1.165, 1.54) is 11.5 Å². The van der Waals surface area contributed by atoms with Crippen LogP contribution >= 0.6 is 11.5 Å². The fraction of sp³-hybridized carbons (Fsp3) is 0.211. The van der Waals surface area contributed by atoms with Gasteiger partial charge in [-0.3, -0.25) is 4.79 Å². The Balaban J connectivity index is 1.59. The average molecular weight is 369 g/mol. The molecule has 1 N–H and O–H groups in total. The third-order valence-corrected chi connectivity index (χ3v) is 4.39. The van der Waals surface area contributed by atoms with Crippen LogP contribution in [0.5, 0.6) is 11.5 Å². The average Bonchev–Trinajstić information content (AvgIpc) is 3.15. The number of benzene rings is 2. The molecule has 0 unspecified atom stereocenters. The number of carbonyl (C=O) groups is 1. The van der Waals surface area contributed by atoms with Crippen LogP contribution in [0.1, 0.15) is 12.0 Å². The fourth-order valence-corrected chi connectivity index (χ4v) is 3.04. The van der Waals surface area contributed by atoms with E-state index in [2.05, 4.69) is 14.7 Å². The van der Waals surface area contributed by atoms with Crippen LogP contribution in [0.2, 0.25) is 0 Å². The van der Waals surface area contributed by atoms with Gasteiger partial charge in [0.2, 0.25) is 11.0 Å². The Morgan fingerprint density at radius 3 is 2.42 bits per heavy atom. The van der Waals surface area contributed by atoms with Gasteiger partial charge < -0.3 is 14.8 Å². The Hall–Kier alpha value is -2.93. The molecule has 134 valence electrons. The molecule has 0 radical (unpaired) electrons. The van der Waals surface area contributed by atoms with Crippen LogP contribution in [-0.4, -0.2) is 29.5 Å². The maximum Gasteiger partial charge on any atom is 0.226 e. The molecule has 1 amide bonds. The molecule has 0 atom stereocenters. The van der Waals surface area contributed by atoms with Gasteiger partial charge in [0.05, 0.1) is 14.2 Å². The molecule has 3 aromatic rings. The minimum Gasteiger partial charge on any atom is -0.497 e. The van der Waals surface area contributed by atoms with Crippen LogP contribution in [0.25, 0.3) is 11.4 Å². The molecule has 0 aliphatic carbocycles. The van der Waals surface area contributed by atoms with Gasteiger partial charge in [-0.25, -0.2) is 0 Å². The zero-order valence-corrected chi connectivity index (χ0v) is 15.4. The number of rotatable bonds is 7. The van der Waals surface area contributed by atoms with E-state index in [4.69, 9.17) is 9.47 Å². The lowest BCUT2D eigenvalue weighted by Crippen LogP contribution is -2.12. The maximum atomic E-state index is 12.2. The number of aromatic nitrogens is 2. The number of ether oxygens (including phenoxy) is 2. The van der Waals surface area contributed by atoms with Gasteiger partial charge in [0.25, 0.3) is 0 Å². The van der Waals surface area contributed by atoms with Gasteiger partial charge in [-0.15, -0.1) is 0 Å². The first-order valence-corrected chi connectivity index (χ1v) is 8.86. The van der Waals surface area contributed by atoms with Crippen LogP contribution in [0.4, 0.5) is 5.13 Å². The summed E-state index contributed by atoms with van der Waals surface area (Å²) in [6.45, 7) is 0. The van der Waals surface area contributed by atoms with Crippen molar-refractivity contribution in [2.24, 2.45) is 0 Å². The highest BCUT2D eigenvalue weighted by Crippen LogP contribution is 2.24. The number of amides is 1. The fourth-order valence-electron chi connectivity index (χ4n) is 2.43. The number of carbonyl (C=O) groups excluding carboxylic acids is 1. The second-order valence-electron chi connectivity index (χ2n) is 5.56. The second kappa shape index (κ2) is 8.44. The summed E-state index contributed by atoms with van der Waals surface area (Å²) in [7, 11) is 3.20. The molecule has 0 aliphatic heterocycles. The Morgan fingerprint density at radius 2 is 1.77 bits per heavy atom. The van der Waals surface area contributed by atoms with Crippen molar-refractivity contribution in [3.8, 4) is 22.9 Å². The number of methoxy groups -OCH3 is 2. The Bertz CT molecular complexity index is 858. The molecule has 0 saturated carbocycles. The number of hydrogen-bond donors (Lipinski definition) is 1. The Kier molecular flexibility index (Phi) is 5.80. The highest BCUT2D eigenvalue weighted by atomic mass is 32.1. The normalized spacial score (nSPS) is 10.4. The van der Waals surface area contributed by atoms with Crippen molar-refractivity contribution in [1.29, 1.82) is 0 Å². The van der Waals surface area contributed by atoms with Crippen LogP contribution < -0.4 is 14.8 Å². The predicted octanol–water partition coefficient (Wildman–Crippen LogP) is 3.79. The van der Waals surface area contributed by atoms with E-state index >= 15 is 0 Å². The minimum absolute atomic E-state index is 0.109. The highest BCUT2D eigenvalue weighted by molar-refractivity contribution is 7.10. The number of nitrogens with zero attached hydrogens (tertiary/aromatic N) is 2. The van der Waals surface area contributed by atoms with Gasteiger partial charge in [0.15, 0.2) is 5.82 Å². The molecule has 0 bridgehead atoms.